The van der Waals surface area contributed by atoms with Crippen LogP contribution in [-0.4, -0.2) is 9.96 Å². The predicted octanol–water partition coefficient (Wildman–Crippen LogP) is 2.48. The van der Waals surface area contributed by atoms with Crippen LogP contribution in [0.5, 0.6) is 0 Å². The van der Waals surface area contributed by atoms with Gasteiger partial charge in [-0.1, -0.05) is 6.92 Å². The molecule has 0 aliphatic heterocycles. The van der Waals surface area contributed by atoms with Crippen molar-refractivity contribution in [2.45, 2.75) is 18.2 Å². The number of hydrogen-bond donors (Lipinski definition) is 0. The maximum absolute atomic E-state index is 13.0. The van der Waals surface area contributed by atoms with Crippen LogP contribution in [0.25, 0.3) is 0 Å². The van der Waals surface area contributed by atoms with Gasteiger partial charge in [0.1, 0.15) is 11.6 Å². The van der Waals surface area contributed by atoms with Crippen LogP contribution in [0.1, 0.15) is 13.3 Å². The molecule has 0 heterocycles. The average molecular weight is 204 g/mol. The molecule has 0 spiro atoms. The van der Waals surface area contributed by atoms with Crippen molar-refractivity contribution in [3.63, 3.8) is 0 Å². The second-order valence-electron chi connectivity index (χ2n) is 2.62. The fourth-order valence-electron chi connectivity index (χ4n) is 0.955. The van der Waals surface area contributed by atoms with Crippen molar-refractivity contribution < 1.29 is 13.0 Å². The molecule has 1 rings (SSSR count). The Morgan fingerprint density at radius 3 is 2.62 bits per heavy atom. The van der Waals surface area contributed by atoms with Gasteiger partial charge in [0.05, 0.1) is 15.7 Å². The van der Waals surface area contributed by atoms with Crippen molar-refractivity contribution in [1.82, 2.24) is 0 Å². The van der Waals surface area contributed by atoms with Crippen molar-refractivity contribution in [1.29, 1.82) is 0 Å². The van der Waals surface area contributed by atoms with Crippen LogP contribution in [-0.2, 0) is 10.8 Å². The average Bonchev–Trinajstić information content (AvgIpc) is 2.04. The lowest BCUT2D eigenvalue weighted by Gasteiger charge is -2.01. The van der Waals surface area contributed by atoms with Gasteiger partial charge < -0.3 is 0 Å². The molecule has 72 valence electrons. The molecule has 0 N–H and O–H groups in total. The van der Waals surface area contributed by atoms with Gasteiger partial charge in [-0.25, -0.2) is 8.78 Å². The first-order valence-electron chi connectivity index (χ1n) is 3.98. The van der Waals surface area contributed by atoms with Crippen LogP contribution in [0.3, 0.4) is 0 Å². The van der Waals surface area contributed by atoms with E-state index >= 15 is 0 Å². The van der Waals surface area contributed by atoms with Crippen molar-refractivity contribution in [3.8, 4) is 0 Å². The Labute approximate surface area is 78.2 Å². The van der Waals surface area contributed by atoms with E-state index in [0.717, 1.165) is 12.1 Å². The maximum atomic E-state index is 13.0. The largest absolute Gasteiger partial charge is 0.254 e. The van der Waals surface area contributed by atoms with Gasteiger partial charge in [0.2, 0.25) is 0 Å². The molecule has 0 saturated carbocycles. The van der Waals surface area contributed by atoms with Crippen LogP contribution in [0.4, 0.5) is 8.78 Å². The van der Waals surface area contributed by atoms with E-state index in [-0.39, 0.29) is 4.90 Å². The number of rotatable bonds is 3. The molecule has 1 aromatic rings. The van der Waals surface area contributed by atoms with Gasteiger partial charge in [0.15, 0.2) is 0 Å². The third kappa shape index (κ3) is 2.59. The summed E-state index contributed by atoms with van der Waals surface area (Å²) >= 11 is 0. The van der Waals surface area contributed by atoms with Gasteiger partial charge in [0, 0.05) is 11.8 Å². The fraction of sp³-hybridized carbons (Fsp3) is 0.333. The first kappa shape index (κ1) is 10.3. The molecular formula is C9H10F2OS. The van der Waals surface area contributed by atoms with Gasteiger partial charge >= 0.3 is 0 Å². The van der Waals surface area contributed by atoms with Crippen LogP contribution in [0, 0.1) is 11.6 Å². The molecule has 4 heteroatoms. The lowest BCUT2D eigenvalue weighted by atomic mass is 10.3. The smallest absolute Gasteiger partial charge is 0.142 e. The minimum absolute atomic E-state index is 0.0863. The van der Waals surface area contributed by atoms with Crippen molar-refractivity contribution in [2.75, 3.05) is 5.75 Å². The van der Waals surface area contributed by atoms with Crippen molar-refractivity contribution in [3.05, 3.63) is 29.8 Å². The Morgan fingerprint density at radius 1 is 1.38 bits per heavy atom. The molecule has 1 unspecified atom stereocenters. The molecule has 0 radical (unpaired) electrons. The van der Waals surface area contributed by atoms with Crippen LogP contribution >= 0.6 is 0 Å². The monoisotopic (exact) mass is 204 g/mol. The van der Waals surface area contributed by atoms with E-state index in [4.69, 9.17) is 0 Å². The SMILES string of the molecule is CCCS(=O)c1ccc(F)cc1F. The molecule has 1 aromatic carbocycles. The number of benzene rings is 1. The number of halogens is 2. The van der Waals surface area contributed by atoms with Crippen molar-refractivity contribution >= 4 is 10.8 Å². The molecule has 13 heavy (non-hydrogen) atoms. The summed E-state index contributed by atoms with van der Waals surface area (Å²) in [6.07, 6.45) is 0.712. The Hall–Kier alpha value is -0.770. The highest BCUT2D eigenvalue weighted by Gasteiger charge is 2.09. The summed E-state index contributed by atoms with van der Waals surface area (Å²) in [6, 6.07) is 3.10. The van der Waals surface area contributed by atoms with Crippen molar-refractivity contribution in [2.24, 2.45) is 0 Å². The molecule has 0 bridgehead atoms. The second-order valence-corrected chi connectivity index (χ2v) is 4.16. The Kier molecular flexibility index (Phi) is 3.54. The van der Waals surface area contributed by atoms with Crippen LogP contribution in [0.15, 0.2) is 23.1 Å². The highest BCUT2D eigenvalue weighted by molar-refractivity contribution is 7.85. The minimum Gasteiger partial charge on any atom is -0.254 e. The summed E-state index contributed by atoms with van der Waals surface area (Å²) in [6.45, 7) is 1.86. The molecular weight excluding hydrogens is 194 g/mol. The quantitative estimate of drug-likeness (QED) is 0.739. The third-order valence-electron chi connectivity index (χ3n) is 1.53. The lowest BCUT2D eigenvalue weighted by molar-refractivity contribution is 0.562. The molecule has 0 aromatic heterocycles. The van der Waals surface area contributed by atoms with Gasteiger partial charge in [0.25, 0.3) is 0 Å². The zero-order valence-corrected chi connectivity index (χ0v) is 8.04. The molecule has 0 saturated heterocycles. The minimum atomic E-state index is -1.34. The van der Waals surface area contributed by atoms with E-state index in [0.29, 0.717) is 12.2 Å². The first-order chi connectivity index (χ1) is 6.15. The lowest BCUT2D eigenvalue weighted by Crippen LogP contribution is -2.00. The summed E-state index contributed by atoms with van der Waals surface area (Å²) in [4.78, 5) is 0.0863. The van der Waals surface area contributed by atoms with Crippen LogP contribution < -0.4 is 0 Å². The summed E-state index contributed by atoms with van der Waals surface area (Å²) in [5, 5.41) is 0. The van der Waals surface area contributed by atoms with Gasteiger partial charge in [-0.3, -0.25) is 4.21 Å². The predicted molar refractivity (Wildman–Crippen MR) is 47.9 cm³/mol. The maximum Gasteiger partial charge on any atom is 0.142 e. The van der Waals surface area contributed by atoms with Gasteiger partial charge in [-0.15, -0.1) is 0 Å². The second kappa shape index (κ2) is 4.46. The van der Waals surface area contributed by atoms with E-state index in [9.17, 15) is 13.0 Å². The van der Waals surface area contributed by atoms with E-state index in [1.54, 1.807) is 0 Å². The highest BCUT2D eigenvalue weighted by Crippen LogP contribution is 2.14. The first-order valence-corrected chi connectivity index (χ1v) is 5.30. The zero-order chi connectivity index (χ0) is 9.84. The van der Waals surface area contributed by atoms with Gasteiger partial charge in [-0.05, 0) is 18.6 Å². The zero-order valence-electron chi connectivity index (χ0n) is 7.22. The number of hydrogen-bond acceptors (Lipinski definition) is 1. The summed E-state index contributed by atoms with van der Waals surface area (Å²) in [5.74, 6) is -0.968. The Balaban J connectivity index is 2.95. The van der Waals surface area contributed by atoms with Crippen LogP contribution in [0.2, 0.25) is 0 Å². The highest BCUT2D eigenvalue weighted by atomic mass is 32.2. The fourth-order valence-corrected chi connectivity index (χ4v) is 2.04. The molecule has 0 amide bonds. The summed E-state index contributed by atoms with van der Waals surface area (Å²) in [5.41, 5.74) is 0. The third-order valence-corrected chi connectivity index (χ3v) is 3.13. The molecule has 0 fully saturated rings. The topological polar surface area (TPSA) is 17.1 Å². The van der Waals surface area contributed by atoms with E-state index in [2.05, 4.69) is 0 Å². The summed E-state index contributed by atoms with van der Waals surface area (Å²) < 4.78 is 36.8. The van der Waals surface area contributed by atoms with Gasteiger partial charge in [-0.2, -0.15) is 0 Å². The van der Waals surface area contributed by atoms with E-state index in [1.807, 2.05) is 6.92 Å². The summed E-state index contributed by atoms with van der Waals surface area (Å²) in [7, 11) is -1.34. The molecule has 1 nitrogen and oxygen atoms in total. The van der Waals surface area contributed by atoms with E-state index < -0.39 is 22.4 Å². The molecule has 0 aliphatic carbocycles. The standard InChI is InChI=1S/C9H10F2OS/c1-2-5-13(12)9-4-3-7(10)6-8(9)11/h3-4,6H,2,5H2,1H3. The Bertz CT molecular complexity index is 325. The normalized spacial score (nSPS) is 12.8. The van der Waals surface area contributed by atoms with E-state index in [1.165, 1.54) is 6.07 Å². The molecule has 1 atom stereocenters. The molecule has 0 aliphatic rings. The Morgan fingerprint density at radius 2 is 2.08 bits per heavy atom.